The van der Waals surface area contributed by atoms with Crippen LogP contribution in [0.15, 0.2) is 15.9 Å². The van der Waals surface area contributed by atoms with Gasteiger partial charge in [0.25, 0.3) is 0 Å². The minimum Gasteiger partial charge on any atom is -0.466 e. The molecule has 0 fully saturated rings. The van der Waals surface area contributed by atoms with E-state index in [0.29, 0.717) is 5.13 Å². The fraction of sp³-hybridized carbons (Fsp3) is 0.438. The molecule has 2 heterocycles. The van der Waals surface area contributed by atoms with Crippen LogP contribution in [0, 0.1) is 13.8 Å². The molecule has 0 radical (unpaired) electrons. The molecule has 0 atom stereocenters. The molecule has 2 N–H and O–H groups in total. The molecule has 24 heavy (non-hydrogen) atoms. The quantitative estimate of drug-likeness (QED) is 0.879. The highest BCUT2D eigenvalue weighted by molar-refractivity contribution is 7.14. The Kier molecular flexibility index (Phi) is 5.28. The number of rotatable bonds is 4. The third kappa shape index (κ3) is 5.09. The van der Waals surface area contributed by atoms with Gasteiger partial charge in [0.05, 0.1) is 5.69 Å². The highest BCUT2D eigenvalue weighted by Crippen LogP contribution is 2.29. The zero-order valence-corrected chi connectivity index (χ0v) is 15.2. The number of ether oxygens (including phenoxy) is 1. The van der Waals surface area contributed by atoms with Crippen molar-refractivity contribution >= 4 is 28.5 Å². The van der Waals surface area contributed by atoms with Crippen molar-refractivity contribution in [2.24, 2.45) is 0 Å². The molecule has 7 nitrogen and oxygen atoms in total. The minimum absolute atomic E-state index is 0.187. The summed E-state index contributed by atoms with van der Waals surface area (Å²) in [7, 11) is 0. The third-order valence-corrected chi connectivity index (χ3v) is 3.62. The van der Waals surface area contributed by atoms with Crippen LogP contribution in [-0.4, -0.2) is 29.1 Å². The first kappa shape index (κ1) is 18.0. The second kappa shape index (κ2) is 7.04. The highest BCUT2D eigenvalue weighted by Gasteiger charge is 2.17. The smallest absolute Gasteiger partial charge is 0.408 e. The number of thiazole rings is 1. The summed E-state index contributed by atoms with van der Waals surface area (Å²) in [6.45, 7) is 8.81. The fourth-order valence-electron chi connectivity index (χ4n) is 1.97. The Hall–Kier alpha value is -2.35. The first-order valence-electron chi connectivity index (χ1n) is 7.43. The molecular weight excluding hydrogens is 330 g/mol. The van der Waals surface area contributed by atoms with Gasteiger partial charge in [-0.15, -0.1) is 11.3 Å². The highest BCUT2D eigenvalue weighted by atomic mass is 32.1. The van der Waals surface area contributed by atoms with Crippen LogP contribution in [0.5, 0.6) is 0 Å². The van der Waals surface area contributed by atoms with Crippen LogP contribution in [0.1, 0.15) is 32.3 Å². The number of amides is 2. The zero-order chi connectivity index (χ0) is 17.9. The van der Waals surface area contributed by atoms with E-state index >= 15 is 0 Å². The molecule has 0 aliphatic rings. The van der Waals surface area contributed by atoms with Crippen molar-refractivity contribution in [2.75, 3.05) is 11.9 Å². The Morgan fingerprint density at radius 3 is 2.62 bits per heavy atom. The lowest BCUT2D eigenvalue weighted by Crippen LogP contribution is -2.37. The van der Waals surface area contributed by atoms with E-state index in [1.807, 2.05) is 25.3 Å². The number of aromatic nitrogens is 1. The van der Waals surface area contributed by atoms with Gasteiger partial charge in [0.15, 0.2) is 5.13 Å². The molecule has 0 aromatic carbocycles. The molecule has 2 aromatic rings. The molecule has 0 saturated carbocycles. The first-order chi connectivity index (χ1) is 11.1. The monoisotopic (exact) mass is 351 g/mol. The van der Waals surface area contributed by atoms with Gasteiger partial charge in [0, 0.05) is 10.9 Å². The molecule has 0 unspecified atom stereocenters. The van der Waals surface area contributed by atoms with Crippen molar-refractivity contribution in [3.05, 3.63) is 23.0 Å². The van der Waals surface area contributed by atoms with E-state index in [1.165, 1.54) is 11.3 Å². The molecule has 0 spiro atoms. The topological polar surface area (TPSA) is 93.5 Å². The van der Waals surface area contributed by atoms with Gasteiger partial charge in [-0.25, -0.2) is 9.78 Å². The van der Waals surface area contributed by atoms with E-state index in [2.05, 4.69) is 15.6 Å². The third-order valence-electron chi connectivity index (χ3n) is 2.86. The summed E-state index contributed by atoms with van der Waals surface area (Å²) in [4.78, 5) is 27.7. The maximum atomic E-state index is 11.9. The van der Waals surface area contributed by atoms with Gasteiger partial charge in [-0.3, -0.25) is 4.79 Å². The van der Waals surface area contributed by atoms with Gasteiger partial charge >= 0.3 is 6.09 Å². The standard InChI is InChI=1S/C16H21N3O4S/c1-9-6-11(10(2)22-9)12-8-24-14(18-12)19-13(20)7-17-15(21)23-16(3,4)5/h6,8H,7H2,1-5H3,(H,17,21)(H,18,19,20). The van der Waals surface area contributed by atoms with Gasteiger partial charge in [0.2, 0.25) is 5.91 Å². The van der Waals surface area contributed by atoms with Gasteiger partial charge in [0.1, 0.15) is 23.7 Å². The van der Waals surface area contributed by atoms with Crippen molar-refractivity contribution in [2.45, 2.75) is 40.2 Å². The van der Waals surface area contributed by atoms with Crippen LogP contribution >= 0.6 is 11.3 Å². The molecule has 0 saturated heterocycles. The van der Waals surface area contributed by atoms with Crippen molar-refractivity contribution in [3.63, 3.8) is 0 Å². The minimum atomic E-state index is -0.637. The Balaban J connectivity index is 1.89. The van der Waals surface area contributed by atoms with E-state index < -0.39 is 11.7 Å². The maximum Gasteiger partial charge on any atom is 0.408 e. The van der Waals surface area contributed by atoms with Crippen LogP contribution in [0.3, 0.4) is 0 Å². The summed E-state index contributed by atoms with van der Waals surface area (Å²) in [5.74, 6) is 1.21. The number of nitrogens with one attached hydrogen (secondary N) is 2. The van der Waals surface area contributed by atoms with E-state index in [4.69, 9.17) is 9.15 Å². The Bertz CT molecular complexity index is 743. The lowest BCUT2D eigenvalue weighted by atomic mass is 10.2. The number of carbonyl (C=O) groups excluding carboxylic acids is 2. The van der Waals surface area contributed by atoms with E-state index in [-0.39, 0.29) is 12.5 Å². The molecule has 0 bridgehead atoms. The number of carbonyl (C=O) groups is 2. The zero-order valence-electron chi connectivity index (χ0n) is 14.4. The Morgan fingerprint density at radius 2 is 2.04 bits per heavy atom. The summed E-state index contributed by atoms with van der Waals surface area (Å²) in [6, 6.07) is 1.90. The average molecular weight is 351 g/mol. The van der Waals surface area contributed by atoms with Gasteiger partial charge in [-0.1, -0.05) is 0 Å². The lowest BCUT2D eigenvalue weighted by molar-refractivity contribution is -0.115. The summed E-state index contributed by atoms with van der Waals surface area (Å²) < 4.78 is 10.5. The molecule has 0 aliphatic carbocycles. The molecule has 2 amide bonds. The number of aryl methyl sites for hydroxylation is 2. The van der Waals surface area contributed by atoms with Gasteiger partial charge in [-0.05, 0) is 40.7 Å². The fourth-order valence-corrected chi connectivity index (χ4v) is 2.70. The van der Waals surface area contributed by atoms with Crippen LogP contribution in [0.4, 0.5) is 9.93 Å². The molecule has 0 aliphatic heterocycles. The number of furan rings is 1. The van der Waals surface area contributed by atoms with Crippen molar-refractivity contribution in [1.29, 1.82) is 0 Å². The lowest BCUT2D eigenvalue weighted by Gasteiger charge is -2.19. The predicted octanol–water partition coefficient (Wildman–Crippen LogP) is 3.48. The van der Waals surface area contributed by atoms with Gasteiger partial charge in [-0.2, -0.15) is 0 Å². The second-order valence-corrected chi connectivity index (χ2v) is 7.13. The normalized spacial score (nSPS) is 11.2. The largest absolute Gasteiger partial charge is 0.466 e. The number of hydrogen-bond donors (Lipinski definition) is 2. The van der Waals surface area contributed by atoms with Crippen LogP contribution in [0.2, 0.25) is 0 Å². The van der Waals surface area contributed by atoms with E-state index in [0.717, 1.165) is 22.8 Å². The molecular formula is C16H21N3O4S. The summed E-state index contributed by atoms with van der Waals surface area (Å²) in [5.41, 5.74) is 1.03. The summed E-state index contributed by atoms with van der Waals surface area (Å²) in [6.07, 6.45) is -0.637. The molecule has 8 heteroatoms. The SMILES string of the molecule is Cc1cc(-c2csc(NC(=O)CNC(=O)OC(C)(C)C)n2)c(C)o1. The van der Waals surface area contributed by atoms with E-state index in [9.17, 15) is 9.59 Å². The summed E-state index contributed by atoms with van der Waals surface area (Å²) >= 11 is 1.31. The second-order valence-electron chi connectivity index (χ2n) is 6.27. The van der Waals surface area contributed by atoms with Crippen LogP contribution in [-0.2, 0) is 9.53 Å². The van der Waals surface area contributed by atoms with Gasteiger partial charge < -0.3 is 19.8 Å². The Labute approximate surface area is 144 Å². The first-order valence-corrected chi connectivity index (χ1v) is 8.31. The predicted molar refractivity (Wildman–Crippen MR) is 92.2 cm³/mol. The summed E-state index contributed by atoms with van der Waals surface area (Å²) in [5, 5.41) is 7.34. The maximum absolute atomic E-state index is 11.9. The van der Waals surface area contributed by atoms with Crippen molar-refractivity contribution < 1.29 is 18.7 Å². The van der Waals surface area contributed by atoms with Crippen molar-refractivity contribution in [1.82, 2.24) is 10.3 Å². The van der Waals surface area contributed by atoms with Crippen molar-refractivity contribution in [3.8, 4) is 11.3 Å². The number of nitrogens with zero attached hydrogens (tertiary/aromatic N) is 1. The molecule has 130 valence electrons. The van der Waals surface area contributed by atoms with Crippen LogP contribution in [0.25, 0.3) is 11.3 Å². The molecule has 2 rings (SSSR count). The average Bonchev–Trinajstić information content (AvgIpc) is 3.01. The Morgan fingerprint density at radius 1 is 1.33 bits per heavy atom. The number of alkyl carbamates (subject to hydrolysis) is 1. The van der Waals surface area contributed by atoms with Crippen LogP contribution < -0.4 is 10.6 Å². The number of anilines is 1. The molecule has 2 aromatic heterocycles. The number of hydrogen-bond acceptors (Lipinski definition) is 6. The van der Waals surface area contributed by atoms with E-state index in [1.54, 1.807) is 20.8 Å².